The molecule has 0 atom stereocenters. The second-order valence-corrected chi connectivity index (χ2v) is 7.95. The molecule has 0 unspecified atom stereocenters. The second-order valence-electron chi connectivity index (χ2n) is 7.51. The van der Waals surface area contributed by atoms with Crippen molar-refractivity contribution in [1.82, 2.24) is 24.9 Å². The molecule has 0 amide bonds. The van der Waals surface area contributed by atoms with Crippen molar-refractivity contribution in [1.29, 1.82) is 0 Å². The summed E-state index contributed by atoms with van der Waals surface area (Å²) in [6, 6.07) is 8.14. The van der Waals surface area contributed by atoms with Gasteiger partial charge in [-0.1, -0.05) is 17.7 Å². The Labute approximate surface area is 202 Å². The molecule has 30 heavy (non-hydrogen) atoms. The third-order valence-corrected chi connectivity index (χ3v) is 5.47. The SMILES string of the molecule is CN=C(NCCCN1CCN(c2cccc(Cl)c2)CC1)N(C)Cc1cnn(C)c1.I. The topological polar surface area (TPSA) is 51.9 Å². The number of anilines is 1. The van der Waals surface area contributed by atoms with Crippen LogP contribution in [-0.2, 0) is 13.6 Å². The number of aromatic nitrogens is 2. The normalized spacial score (nSPS) is 15.1. The van der Waals surface area contributed by atoms with Gasteiger partial charge in [0.05, 0.1) is 6.20 Å². The molecule has 7 nitrogen and oxygen atoms in total. The third kappa shape index (κ3) is 7.31. The fourth-order valence-electron chi connectivity index (χ4n) is 3.69. The Balaban J connectivity index is 0.00000320. The largest absolute Gasteiger partial charge is 0.369 e. The fourth-order valence-corrected chi connectivity index (χ4v) is 3.88. The van der Waals surface area contributed by atoms with Crippen LogP contribution in [0.2, 0.25) is 5.02 Å². The molecule has 0 radical (unpaired) electrons. The van der Waals surface area contributed by atoms with Crippen LogP contribution in [-0.4, -0.2) is 78.9 Å². The van der Waals surface area contributed by atoms with Gasteiger partial charge in [0, 0.05) is 82.9 Å². The number of aryl methyl sites for hydroxylation is 1. The van der Waals surface area contributed by atoms with Crippen molar-refractivity contribution in [3.05, 3.63) is 47.2 Å². The van der Waals surface area contributed by atoms with Crippen molar-refractivity contribution in [3.8, 4) is 0 Å². The Bertz CT molecular complexity index is 802. The lowest BCUT2D eigenvalue weighted by atomic mass is 10.2. The van der Waals surface area contributed by atoms with Gasteiger partial charge in [-0.15, -0.1) is 24.0 Å². The lowest BCUT2D eigenvalue weighted by Crippen LogP contribution is -2.47. The first-order valence-corrected chi connectivity index (χ1v) is 10.5. The van der Waals surface area contributed by atoms with Crippen molar-refractivity contribution in [2.24, 2.45) is 12.0 Å². The van der Waals surface area contributed by atoms with E-state index in [1.165, 1.54) is 11.3 Å². The van der Waals surface area contributed by atoms with Crippen LogP contribution in [0.3, 0.4) is 0 Å². The zero-order chi connectivity index (χ0) is 20.6. The van der Waals surface area contributed by atoms with E-state index in [0.29, 0.717) is 0 Å². The first-order valence-electron chi connectivity index (χ1n) is 10.2. The Kier molecular flexibility index (Phi) is 10.2. The smallest absolute Gasteiger partial charge is 0.193 e. The molecule has 1 aromatic carbocycles. The van der Waals surface area contributed by atoms with Gasteiger partial charge in [0.1, 0.15) is 0 Å². The third-order valence-electron chi connectivity index (χ3n) is 5.23. The van der Waals surface area contributed by atoms with Crippen molar-refractivity contribution < 1.29 is 0 Å². The molecule has 1 N–H and O–H groups in total. The van der Waals surface area contributed by atoms with Crippen molar-refractivity contribution in [2.45, 2.75) is 13.0 Å². The molecule has 0 aliphatic carbocycles. The zero-order valence-electron chi connectivity index (χ0n) is 18.1. The molecule has 2 aromatic rings. The predicted octanol–water partition coefficient (Wildman–Crippen LogP) is 2.91. The Morgan fingerprint density at radius 1 is 1.27 bits per heavy atom. The van der Waals surface area contributed by atoms with Crippen LogP contribution >= 0.6 is 35.6 Å². The fraction of sp³-hybridized carbons (Fsp3) is 0.524. The maximum atomic E-state index is 6.12. The van der Waals surface area contributed by atoms with Crippen LogP contribution < -0.4 is 10.2 Å². The standard InChI is InChI=1S/C21H32ClN7.HI/c1-23-21(26(2)16-18-15-25-27(3)17-18)24-8-5-9-28-10-12-29(13-11-28)20-7-4-6-19(22)14-20;/h4,6-7,14-15,17H,5,8-13,16H2,1-3H3,(H,23,24);1H. The van der Waals surface area contributed by atoms with Gasteiger partial charge in [-0.3, -0.25) is 14.6 Å². The van der Waals surface area contributed by atoms with Gasteiger partial charge in [-0.05, 0) is 31.2 Å². The molecule has 0 saturated carbocycles. The molecule has 1 aliphatic rings. The van der Waals surface area contributed by atoms with E-state index in [-0.39, 0.29) is 24.0 Å². The van der Waals surface area contributed by atoms with Gasteiger partial charge in [0.25, 0.3) is 0 Å². The van der Waals surface area contributed by atoms with Crippen LogP contribution in [0.5, 0.6) is 0 Å². The quantitative estimate of drug-likeness (QED) is 0.251. The average molecular weight is 546 g/mol. The molecule has 2 heterocycles. The first-order chi connectivity index (χ1) is 14.0. The molecule has 0 spiro atoms. The Hall–Kier alpha value is -1.52. The van der Waals surface area contributed by atoms with Gasteiger partial charge in [0.15, 0.2) is 5.96 Å². The number of nitrogens with one attached hydrogen (secondary N) is 1. The summed E-state index contributed by atoms with van der Waals surface area (Å²) in [5.74, 6) is 0.916. The molecule has 166 valence electrons. The maximum Gasteiger partial charge on any atom is 0.193 e. The van der Waals surface area contributed by atoms with Gasteiger partial charge in [-0.2, -0.15) is 5.10 Å². The molecule has 1 fully saturated rings. The molecule has 1 aliphatic heterocycles. The number of rotatable bonds is 7. The second kappa shape index (κ2) is 12.4. The Morgan fingerprint density at radius 2 is 2.03 bits per heavy atom. The minimum atomic E-state index is 0. The highest BCUT2D eigenvalue weighted by Gasteiger charge is 2.17. The summed E-state index contributed by atoms with van der Waals surface area (Å²) in [6.45, 7) is 7.06. The van der Waals surface area contributed by atoms with E-state index in [2.05, 4.69) is 49.3 Å². The van der Waals surface area contributed by atoms with Gasteiger partial charge < -0.3 is 15.1 Å². The number of hydrogen-bond acceptors (Lipinski definition) is 4. The monoisotopic (exact) mass is 545 g/mol. The van der Waals surface area contributed by atoms with E-state index in [4.69, 9.17) is 11.6 Å². The predicted molar refractivity (Wildman–Crippen MR) is 136 cm³/mol. The number of aliphatic imine (C=N–C) groups is 1. The number of guanidine groups is 1. The van der Waals surface area contributed by atoms with E-state index >= 15 is 0 Å². The lowest BCUT2D eigenvalue weighted by Gasteiger charge is -2.36. The molecule has 1 saturated heterocycles. The highest BCUT2D eigenvalue weighted by molar-refractivity contribution is 14.0. The van der Waals surface area contributed by atoms with Crippen LogP contribution in [0.25, 0.3) is 0 Å². The van der Waals surface area contributed by atoms with E-state index in [1.54, 1.807) is 0 Å². The van der Waals surface area contributed by atoms with Crippen LogP contribution in [0.4, 0.5) is 5.69 Å². The molecule has 9 heteroatoms. The summed E-state index contributed by atoms with van der Waals surface area (Å²) in [5.41, 5.74) is 2.40. The van der Waals surface area contributed by atoms with E-state index in [1.807, 2.05) is 43.3 Å². The molecular weight excluding hydrogens is 513 g/mol. The summed E-state index contributed by atoms with van der Waals surface area (Å²) in [7, 11) is 5.82. The summed E-state index contributed by atoms with van der Waals surface area (Å²) >= 11 is 6.12. The summed E-state index contributed by atoms with van der Waals surface area (Å²) < 4.78 is 1.82. The molecule has 3 rings (SSSR count). The maximum absolute atomic E-state index is 6.12. The summed E-state index contributed by atoms with van der Waals surface area (Å²) in [4.78, 5) is 11.5. The van der Waals surface area contributed by atoms with E-state index in [0.717, 1.165) is 63.2 Å². The van der Waals surface area contributed by atoms with Crippen LogP contribution in [0.15, 0.2) is 41.7 Å². The Morgan fingerprint density at radius 3 is 2.67 bits per heavy atom. The number of nitrogens with zero attached hydrogens (tertiary/aromatic N) is 6. The number of piperazine rings is 1. The van der Waals surface area contributed by atoms with Gasteiger partial charge in [0.2, 0.25) is 0 Å². The minimum Gasteiger partial charge on any atom is -0.369 e. The number of hydrogen-bond donors (Lipinski definition) is 1. The molecule has 0 bridgehead atoms. The summed E-state index contributed by atoms with van der Waals surface area (Å²) in [6.07, 6.45) is 5.02. The van der Waals surface area contributed by atoms with Crippen LogP contribution in [0.1, 0.15) is 12.0 Å². The minimum absolute atomic E-state index is 0. The van der Waals surface area contributed by atoms with E-state index < -0.39 is 0 Å². The number of halogens is 2. The average Bonchev–Trinajstić information content (AvgIpc) is 3.13. The van der Waals surface area contributed by atoms with Crippen LogP contribution in [0, 0.1) is 0 Å². The van der Waals surface area contributed by atoms with Gasteiger partial charge in [-0.25, -0.2) is 0 Å². The first kappa shape index (κ1) is 24.7. The summed E-state index contributed by atoms with van der Waals surface area (Å²) in [5, 5.41) is 8.50. The molecule has 1 aromatic heterocycles. The van der Waals surface area contributed by atoms with E-state index in [9.17, 15) is 0 Å². The highest BCUT2D eigenvalue weighted by Crippen LogP contribution is 2.20. The van der Waals surface area contributed by atoms with Crippen molar-refractivity contribution in [3.63, 3.8) is 0 Å². The highest BCUT2D eigenvalue weighted by atomic mass is 127. The number of benzene rings is 1. The zero-order valence-corrected chi connectivity index (χ0v) is 21.2. The lowest BCUT2D eigenvalue weighted by molar-refractivity contribution is 0.255. The van der Waals surface area contributed by atoms with Crippen molar-refractivity contribution >= 4 is 47.2 Å². The van der Waals surface area contributed by atoms with Crippen molar-refractivity contribution in [2.75, 3.05) is 58.3 Å². The molecular formula is C21H33ClIN7. The van der Waals surface area contributed by atoms with Gasteiger partial charge >= 0.3 is 0 Å².